The molecule has 20 heavy (non-hydrogen) atoms. The molecule has 1 aromatic carbocycles. The average molecular weight is 280 g/mol. The molecule has 1 aromatic rings. The second-order valence-electron chi connectivity index (χ2n) is 5.04. The lowest BCUT2D eigenvalue weighted by molar-refractivity contribution is 0.0732. The van der Waals surface area contributed by atoms with Crippen LogP contribution < -0.4 is 4.90 Å². The third-order valence-corrected chi connectivity index (χ3v) is 3.75. The first-order valence-corrected chi connectivity index (χ1v) is 6.77. The van der Waals surface area contributed by atoms with Gasteiger partial charge >= 0.3 is 0 Å². The average Bonchev–Trinajstić information content (AvgIpc) is 2.91. The van der Waals surface area contributed by atoms with Gasteiger partial charge in [0.25, 0.3) is 0 Å². The lowest BCUT2D eigenvalue weighted by Gasteiger charge is -2.22. The number of nitrogens with zero attached hydrogens (tertiary/aromatic N) is 2. The fourth-order valence-electron chi connectivity index (χ4n) is 2.59. The summed E-state index contributed by atoms with van der Waals surface area (Å²) >= 11 is 0. The van der Waals surface area contributed by atoms with Crippen molar-refractivity contribution in [3.05, 3.63) is 29.8 Å². The number of β-amino-alcohol motifs (C(OH)–C–C–N with tert-alkyl or cyclic N) is 1. The largest absolute Gasteiger partial charge is 0.391 e. The zero-order chi connectivity index (χ0) is 14.5. The Bertz CT molecular complexity index is 438. The summed E-state index contributed by atoms with van der Waals surface area (Å²) in [5.41, 5.74) is 1.94. The van der Waals surface area contributed by atoms with Crippen molar-refractivity contribution in [1.82, 2.24) is 0 Å². The van der Waals surface area contributed by atoms with Crippen molar-refractivity contribution in [2.24, 2.45) is 4.99 Å². The van der Waals surface area contributed by atoms with Crippen molar-refractivity contribution >= 4 is 12.4 Å². The van der Waals surface area contributed by atoms with Crippen molar-refractivity contribution in [3.8, 4) is 0 Å². The van der Waals surface area contributed by atoms with Crippen LogP contribution in [0.5, 0.6) is 0 Å². The van der Waals surface area contributed by atoms with E-state index in [1.807, 2.05) is 24.3 Å². The van der Waals surface area contributed by atoms with Crippen LogP contribution in [0.1, 0.15) is 18.1 Å². The predicted octanol–water partition coefficient (Wildman–Crippen LogP) is 1.98. The smallest absolute Gasteiger partial charge is 0.115 e. The first-order chi connectivity index (χ1) is 9.69. The quantitative estimate of drug-likeness (QED) is 0.810. The van der Waals surface area contributed by atoms with E-state index in [1.165, 1.54) is 0 Å². The van der Waals surface area contributed by atoms with Gasteiger partial charge in [-0.05, 0) is 30.8 Å². The van der Waals surface area contributed by atoms with Crippen molar-refractivity contribution in [3.63, 3.8) is 0 Å². The second kappa shape index (κ2) is 6.81. The van der Waals surface area contributed by atoms with Crippen LogP contribution in [0, 0.1) is 0 Å². The highest BCUT2D eigenvalue weighted by Crippen LogP contribution is 2.27. The molecule has 0 bridgehead atoms. The Labute approximate surface area is 118 Å². The predicted molar refractivity (Wildman–Crippen MR) is 78.3 cm³/mol. The van der Waals surface area contributed by atoms with Crippen LogP contribution in [-0.2, 0) is 4.74 Å². The van der Waals surface area contributed by atoms with E-state index < -0.39 is 18.8 Å². The van der Waals surface area contributed by atoms with Gasteiger partial charge in [0.05, 0.1) is 6.10 Å². The Hall–Kier alpha value is -1.46. The number of aliphatic hydroxyl groups excluding tert-OH is 1. The number of alkyl halides is 1. The van der Waals surface area contributed by atoms with Crippen LogP contribution in [0.3, 0.4) is 0 Å². The van der Waals surface area contributed by atoms with Crippen molar-refractivity contribution < 1.29 is 14.2 Å². The molecule has 0 amide bonds. The van der Waals surface area contributed by atoms with E-state index in [-0.39, 0.29) is 6.10 Å². The summed E-state index contributed by atoms with van der Waals surface area (Å²) < 4.78 is 18.2. The van der Waals surface area contributed by atoms with Crippen molar-refractivity contribution in [2.75, 3.05) is 31.8 Å². The highest BCUT2D eigenvalue weighted by Gasteiger charge is 2.23. The minimum atomic E-state index is -0.595. The molecular formula is C15H21FN2O2. The number of hydrogen-bond acceptors (Lipinski definition) is 4. The van der Waals surface area contributed by atoms with Gasteiger partial charge in [-0.15, -0.1) is 0 Å². The molecule has 0 radical (unpaired) electrons. The standard InChI is InChI=1S/C15H21FN2O2/c1-17-14(9-16)15(20-2)11-3-5-12(6-4-11)18-8-7-13(19)10-18/h3-6,13-15,19H,1,7-10H2,2H3/t13-,14-,15-/m1/s1. The highest BCUT2D eigenvalue weighted by molar-refractivity contribution is 5.49. The number of benzene rings is 1. The molecule has 1 saturated heterocycles. The molecule has 0 saturated carbocycles. The number of halogens is 1. The third-order valence-electron chi connectivity index (χ3n) is 3.75. The molecule has 1 N–H and O–H groups in total. The highest BCUT2D eigenvalue weighted by atomic mass is 19.1. The van der Waals surface area contributed by atoms with E-state index in [2.05, 4.69) is 16.6 Å². The molecule has 0 aliphatic carbocycles. The van der Waals surface area contributed by atoms with Crippen LogP contribution in [0.2, 0.25) is 0 Å². The minimum absolute atomic E-state index is 0.248. The first kappa shape index (κ1) is 14.9. The molecule has 3 atom stereocenters. The molecule has 5 heteroatoms. The van der Waals surface area contributed by atoms with E-state index in [9.17, 15) is 9.50 Å². The maximum Gasteiger partial charge on any atom is 0.115 e. The number of methoxy groups -OCH3 is 1. The van der Waals surface area contributed by atoms with Crippen molar-refractivity contribution in [2.45, 2.75) is 24.7 Å². The Morgan fingerprint density at radius 3 is 2.65 bits per heavy atom. The van der Waals surface area contributed by atoms with Crippen LogP contribution in [0.15, 0.2) is 29.3 Å². The molecule has 0 aromatic heterocycles. The second-order valence-corrected chi connectivity index (χ2v) is 5.04. The van der Waals surface area contributed by atoms with Gasteiger partial charge in [-0.25, -0.2) is 4.39 Å². The number of aliphatic hydroxyl groups is 1. The van der Waals surface area contributed by atoms with Crippen LogP contribution in [0.25, 0.3) is 0 Å². The summed E-state index contributed by atoms with van der Waals surface area (Å²) in [5.74, 6) is 0. The van der Waals surface area contributed by atoms with Gasteiger partial charge in [0.15, 0.2) is 0 Å². The lowest BCUT2D eigenvalue weighted by Crippen LogP contribution is -2.22. The van der Waals surface area contributed by atoms with Gasteiger partial charge in [-0.1, -0.05) is 12.1 Å². The summed E-state index contributed by atoms with van der Waals surface area (Å²) in [6.07, 6.45) is 0.130. The van der Waals surface area contributed by atoms with Crippen LogP contribution in [0.4, 0.5) is 10.1 Å². The van der Waals surface area contributed by atoms with E-state index in [0.29, 0.717) is 6.54 Å². The van der Waals surface area contributed by atoms with E-state index in [1.54, 1.807) is 7.11 Å². The number of anilines is 1. The van der Waals surface area contributed by atoms with E-state index >= 15 is 0 Å². The monoisotopic (exact) mass is 280 g/mol. The Morgan fingerprint density at radius 2 is 2.20 bits per heavy atom. The number of rotatable bonds is 6. The molecule has 110 valence electrons. The van der Waals surface area contributed by atoms with Gasteiger partial charge in [0.1, 0.15) is 18.8 Å². The summed E-state index contributed by atoms with van der Waals surface area (Å²) in [6, 6.07) is 7.19. The molecule has 0 spiro atoms. The van der Waals surface area contributed by atoms with E-state index in [0.717, 1.165) is 24.2 Å². The minimum Gasteiger partial charge on any atom is -0.391 e. The fraction of sp³-hybridized carbons (Fsp3) is 0.533. The SMILES string of the molecule is C=N[C@H](CF)[C@H](OC)c1ccc(N2CC[C@@H](O)C2)cc1. The van der Waals surface area contributed by atoms with Crippen LogP contribution in [-0.4, -0.2) is 50.8 Å². The lowest BCUT2D eigenvalue weighted by atomic mass is 10.0. The van der Waals surface area contributed by atoms with E-state index in [4.69, 9.17) is 4.74 Å². The summed E-state index contributed by atoms with van der Waals surface area (Å²) in [4.78, 5) is 5.90. The molecular weight excluding hydrogens is 259 g/mol. The normalized spacial score (nSPS) is 21.8. The Kier molecular flexibility index (Phi) is 5.09. The topological polar surface area (TPSA) is 45.1 Å². The maximum atomic E-state index is 12.9. The van der Waals surface area contributed by atoms with Gasteiger partial charge < -0.3 is 14.7 Å². The Balaban J connectivity index is 2.12. The zero-order valence-corrected chi connectivity index (χ0v) is 11.7. The van der Waals surface area contributed by atoms with Gasteiger partial charge in [-0.2, -0.15) is 0 Å². The summed E-state index contributed by atoms with van der Waals surface area (Å²) in [6.45, 7) is 4.33. The molecule has 1 fully saturated rings. The van der Waals surface area contributed by atoms with Crippen molar-refractivity contribution in [1.29, 1.82) is 0 Å². The number of ether oxygens (including phenoxy) is 1. The van der Waals surface area contributed by atoms with Gasteiger partial charge in [0.2, 0.25) is 0 Å². The molecule has 2 rings (SSSR count). The number of hydrogen-bond donors (Lipinski definition) is 1. The maximum absolute atomic E-state index is 12.9. The van der Waals surface area contributed by atoms with Gasteiger partial charge in [-0.3, -0.25) is 4.99 Å². The third kappa shape index (κ3) is 3.16. The summed E-state index contributed by atoms with van der Waals surface area (Å²) in [7, 11) is 1.54. The zero-order valence-electron chi connectivity index (χ0n) is 11.7. The molecule has 1 aliphatic heterocycles. The Morgan fingerprint density at radius 1 is 1.50 bits per heavy atom. The fourth-order valence-corrected chi connectivity index (χ4v) is 2.59. The molecule has 4 nitrogen and oxygen atoms in total. The molecule has 1 heterocycles. The molecule has 0 unspecified atom stereocenters. The summed E-state index contributed by atoms with van der Waals surface area (Å²) in [5, 5.41) is 9.56. The first-order valence-electron chi connectivity index (χ1n) is 6.77. The number of aliphatic imine (C=N–C) groups is 1. The van der Waals surface area contributed by atoms with Gasteiger partial charge in [0, 0.05) is 25.9 Å². The molecule has 1 aliphatic rings. The van der Waals surface area contributed by atoms with Crippen LogP contribution >= 0.6 is 0 Å².